The van der Waals surface area contributed by atoms with Gasteiger partial charge >= 0.3 is 281 Å². The van der Waals surface area contributed by atoms with Crippen LogP contribution in [0.15, 0.2) is 144 Å². The van der Waals surface area contributed by atoms with E-state index < -0.39 is 0 Å². The van der Waals surface area contributed by atoms with Gasteiger partial charge in [0.15, 0.2) is 0 Å². The van der Waals surface area contributed by atoms with Crippen LogP contribution in [0.4, 0.5) is 5.69 Å². The van der Waals surface area contributed by atoms with Gasteiger partial charge in [0.2, 0.25) is 0 Å². The Morgan fingerprint density at radius 3 is 1.83 bits per heavy atom. The van der Waals surface area contributed by atoms with E-state index >= 15 is 0 Å². The van der Waals surface area contributed by atoms with Gasteiger partial charge < -0.3 is 0 Å². The summed E-state index contributed by atoms with van der Waals surface area (Å²) in [6, 6.07) is 49.9. The second-order valence-electron chi connectivity index (χ2n) is 12.4. The number of rotatable bonds is 2. The zero-order valence-electron chi connectivity index (χ0n) is 25.4. The van der Waals surface area contributed by atoms with Gasteiger partial charge in [0.1, 0.15) is 0 Å². The third-order valence-electron chi connectivity index (χ3n) is 9.92. The van der Waals surface area contributed by atoms with Crippen LogP contribution in [0.25, 0.3) is 101 Å². The number of para-hydroxylation sites is 3. The Morgan fingerprint density at radius 1 is 0.479 bits per heavy atom. The quantitative estimate of drug-likeness (QED) is 0.132. The van der Waals surface area contributed by atoms with Gasteiger partial charge in [-0.25, -0.2) is 0 Å². The van der Waals surface area contributed by atoms with Crippen molar-refractivity contribution in [3.63, 3.8) is 0 Å². The van der Waals surface area contributed by atoms with Crippen molar-refractivity contribution in [2.45, 2.75) is 0 Å². The molecule has 5 heteroatoms. The van der Waals surface area contributed by atoms with E-state index in [-0.39, 0.29) is 14.5 Å². The number of benzene rings is 7. The van der Waals surface area contributed by atoms with Crippen molar-refractivity contribution in [3.8, 4) is 11.4 Å². The van der Waals surface area contributed by atoms with Crippen molar-refractivity contribution in [1.82, 2.24) is 9.13 Å². The van der Waals surface area contributed by atoms with Crippen molar-refractivity contribution in [3.05, 3.63) is 151 Å². The Labute approximate surface area is 279 Å². The normalized spacial score (nSPS) is 12.1. The molecule has 4 nitrogen and oxygen atoms in total. The topological polar surface area (TPSA) is 27.4 Å². The van der Waals surface area contributed by atoms with Crippen LogP contribution < -0.4 is 0 Å². The minimum absolute atomic E-state index is 0.222. The SMILES string of the molecule is [C-]#[N+]c1ccc2c(c1)c1ccccc1n2-c1ccc2[se]c3ccc(-n4c5ccccc5c5ccc6c7ccccc7oc6c54)cc3c2c1. The van der Waals surface area contributed by atoms with Gasteiger partial charge in [0.25, 0.3) is 0 Å². The molecule has 0 spiro atoms. The number of hydrogen-bond acceptors (Lipinski definition) is 1. The van der Waals surface area contributed by atoms with Gasteiger partial charge in [-0.15, -0.1) is 0 Å². The molecule has 0 radical (unpaired) electrons. The van der Waals surface area contributed by atoms with Crippen LogP contribution in [0.5, 0.6) is 0 Å². The molecule has 11 rings (SSSR count). The van der Waals surface area contributed by atoms with E-state index in [4.69, 9.17) is 11.0 Å². The summed E-state index contributed by atoms with van der Waals surface area (Å²) in [5.41, 5.74) is 9.28. The van der Waals surface area contributed by atoms with Crippen molar-refractivity contribution in [2.24, 2.45) is 0 Å². The first-order chi connectivity index (χ1) is 23.7. The Hall–Kier alpha value is -6.05. The maximum atomic E-state index is 7.59. The Kier molecular flexibility index (Phi) is 5.16. The molecule has 0 fully saturated rings. The third kappa shape index (κ3) is 3.43. The van der Waals surface area contributed by atoms with Crippen LogP contribution in [-0.2, 0) is 0 Å². The predicted molar refractivity (Wildman–Crippen MR) is 201 cm³/mol. The minimum atomic E-state index is 0.222. The maximum absolute atomic E-state index is 7.59. The molecule has 0 bridgehead atoms. The molecule has 4 aromatic heterocycles. The second kappa shape index (κ2) is 9.50. The molecule has 7 aromatic carbocycles. The Bertz CT molecular complexity index is 3200. The predicted octanol–water partition coefficient (Wildman–Crippen LogP) is 11.7. The summed E-state index contributed by atoms with van der Waals surface area (Å²) in [4.78, 5) is 3.71. The Morgan fingerprint density at radius 2 is 1.08 bits per heavy atom. The van der Waals surface area contributed by atoms with E-state index in [0.29, 0.717) is 5.69 Å². The van der Waals surface area contributed by atoms with E-state index in [0.717, 1.165) is 60.6 Å². The van der Waals surface area contributed by atoms with E-state index in [1.54, 1.807) is 0 Å². The van der Waals surface area contributed by atoms with Gasteiger partial charge in [0.05, 0.1) is 0 Å². The zero-order valence-corrected chi connectivity index (χ0v) is 27.2. The molecular formula is C43H23N3OSe. The van der Waals surface area contributed by atoms with Crippen molar-refractivity contribution < 1.29 is 4.42 Å². The van der Waals surface area contributed by atoms with Crippen molar-refractivity contribution >= 4 is 105 Å². The molecule has 0 atom stereocenters. The molecule has 222 valence electrons. The van der Waals surface area contributed by atoms with Crippen LogP contribution in [-0.4, -0.2) is 23.6 Å². The number of furan rings is 1. The molecule has 11 aromatic rings. The summed E-state index contributed by atoms with van der Waals surface area (Å²) in [5, 5.41) is 9.54. The zero-order chi connectivity index (χ0) is 31.5. The second-order valence-corrected chi connectivity index (χ2v) is 14.7. The summed E-state index contributed by atoms with van der Waals surface area (Å²) in [5.74, 6) is 0. The fraction of sp³-hybridized carbons (Fsp3) is 0. The first-order valence-electron chi connectivity index (χ1n) is 16.0. The number of nitrogens with zero attached hydrogens (tertiary/aromatic N) is 3. The molecule has 4 heterocycles. The van der Waals surface area contributed by atoms with E-state index in [2.05, 4.69) is 135 Å². The molecule has 0 aliphatic rings. The molecule has 48 heavy (non-hydrogen) atoms. The Balaban J connectivity index is 1.19. The molecule has 0 aliphatic carbocycles. The van der Waals surface area contributed by atoms with E-state index in [1.807, 2.05) is 18.2 Å². The summed E-state index contributed by atoms with van der Waals surface area (Å²) in [7, 11) is 0. The van der Waals surface area contributed by atoms with Gasteiger partial charge in [-0.3, -0.25) is 0 Å². The van der Waals surface area contributed by atoms with Gasteiger partial charge in [-0.2, -0.15) is 0 Å². The van der Waals surface area contributed by atoms with Gasteiger partial charge in [-0.05, 0) is 0 Å². The average Bonchev–Trinajstić information content (AvgIpc) is 3.88. The number of hydrogen-bond donors (Lipinski definition) is 0. The summed E-state index contributed by atoms with van der Waals surface area (Å²) >= 11 is 0.222. The molecule has 0 saturated carbocycles. The fourth-order valence-corrected chi connectivity index (χ4v) is 10.1. The third-order valence-corrected chi connectivity index (χ3v) is 12.3. The molecule has 0 saturated heterocycles. The monoisotopic (exact) mass is 677 g/mol. The van der Waals surface area contributed by atoms with Gasteiger partial charge in [0, 0.05) is 0 Å². The molecular weight excluding hydrogens is 653 g/mol. The van der Waals surface area contributed by atoms with Crippen LogP contribution >= 0.6 is 0 Å². The van der Waals surface area contributed by atoms with E-state index in [9.17, 15) is 0 Å². The molecule has 0 aliphatic heterocycles. The van der Waals surface area contributed by atoms with E-state index in [1.165, 1.54) is 35.6 Å². The average molecular weight is 677 g/mol. The molecule has 0 N–H and O–H groups in total. The van der Waals surface area contributed by atoms with Crippen LogP contribution in [0, 0.1) is 6.57 Å². The van der Waals surface area contributed by atoms with Crippen molar-refractivity contribution in [1.29, 1.82) is 0 Å². The number of fused-ring (bicyclic) bond motifs is 13. The fourth-order valence-electron chi connectivity index (χ4n) is 7.84. The summed E-state index contributed by atoms with van der Waals surface area (Å²) in [6.07, 6.45) is 0. The van der Waals surface area contributed by atoms with Gasteiger partial charge in [-0.1, -0.05) is 0 Å². The van der Waals surface area contributed by atoms with Crippen LogP contribution in [0.2, 0.25) is 0 Å². The van der Waals surface area contributed by atoms with Crippen LogP contribution in [0.3, 0.4) is 0 Å². The first-order valence-corrected chi connectivity index (χ1v) is 17.7. The molecule has 0 unspecified atom stereocenters. The molecule has 0 amide bonds. The first kappa shape index (κ1) is 26.1. The van der Waals surface area contributed by atoms with Crippen molar-refractivity contribution in [2.75, 3.05) is 0 Å². The summed E-state index contributed by atoms with van der Waals surface area (Å²) < 4.78 is 14.2. The van der Waals surface area contributed by atoms with Crippen LogP contribution in [0.1, 0.15) is 0 Å². The summed E-state index contributed by atoms with van der Waals surface area (Å²) in [6.45, 7) is 7.59. The standard InChI is InChI=1S/C43H23N3OSe/c1-44-25-14-19-38-33(22-25)29-9-3-5-11-36(29)45(38)26-15-20-40-34(23-26)35-24-27(16-21-41(35)48-40)46-37-12-6-2-8-28(37)31-17-18-32-30-10-4-7-13-39(30)47-43(32)42(31)46/h2-24H. The number of aromatic nitrogens is 2.